The molecule has 0 radical (unpaired) electrons. The molecule has 1 aliphatic rings. The summed E-state index contributed by atoms with van der Waals surface area (Å²) in [6, 6.07) is 17.3. The molecule has 1 aromatic heterocycles. The van der Waals surface area contributed by atoms with E-state index in [1.54, 1.807) is 12.7 Å². The Hall–Kier alpha value is -3.15. The van der Waals surface area contributed by atoms with Crippen LogP contribution in [0.1, 0.15) is 30.9 Å². The number of likely N-dealkylation sites (tertiary alicyclic amines) is 1. The van der Waals surface area contributed by atoms with Gasteiger partial charge in [0.25, 0.3) is 0 Å². The van der Waals surface area contributed by atoms with Gasteiger partial charge in [0.2, 0.25) is 0 Å². The first-order valence-electron chi connectivity index (χ1n) is 10.7. The predicted octanol–water partition coefficient (Wildman–Crippen LogP) is 3.80. The van der Waals surface area contributed by atoms with Crippen LogP contribution < -0.4 is 5.32 Å². The molecule has 0 amide bonds. The molecule has 6 heteroatoms. The van der Waals surface area contributed by atoms with Crippen molar-refractivity contribution < 1.29 is 0 Å². The smallest absolute Gasteiger partial charge is 0.193 e. The summed E-state index contributed by atoms with van der Waals surface area (Å²) in [4.78, 5) is 10.9. The minimum atomic E-state index is 0.730. The molecule has 0 unspecified atom stereocenters. The van der Waals surface area contributed by atoms with Gasteiger partial charge in [0.05, 0.1) is 6.54 Å². The standard InChI is InChI=1S/C24H30N6/c1-19-11-13-29(14-12-19)24(25-2)27-15-22-5-3-4-6-23(22)21-9-7-20(8-10-21)16-30-18-26-17-28-30/h3-10,17-19H,11-16H2,1-2H3,(H,25,27). The van der Waals surface area contributed by atoms with E-state index in [9.17, 15) is 0 Å². The number of piperidine rings is 1. The molecule has 6 nitrogen and oxygen atoms in total. The molecule has 156 valence electrons. The molecule has 0 aliphatic carbocycles. The zero-order chi connectivity index (χ0) is 20.8. The van der Waals surface area contributed by atoms with Crippen LogP contribution in [0.15, 0.2) is 66.2 Å². The van der Waals surface area contributed by atoms with Crippen molar-refractivity contribution in [3.8, 4) is 11.1 Å². The van der Waals surface area contributed by atoms with E-state index < -0.39 is 0 Å². The number of aliphatic imine (C=N–C) groups is 1. The topological polar surface area (TPSA) is 58.3 Å². The first kappa shape index (κ1) is 20.1. The van der Waals surface area contributed by atoms with Crippen LogP contribution in [-0.2, 0) is 13.1 Å². The lowest BCUT2D eigenvalue weighted by atomic mass is 9.98. The van der Waals surface area contributed by atoms with Crippen molar-refractivity contribution in [1.29, 1.82) is 0 Å². The lowest BCUT2D eigenvalue weighted by molar-refractivity contribution is 0.273. The minimum absolute atomic E-state index is 0.730. The molecule has 0 saturated carbocycles. The number of aromatic nitrogens is 3. The summed E-state index contributed by atoms with van der Waals surface area (Å²) >= 11 is 0. The van der Waals surface area contributed by atoms with Crippen molar-refractivity contribution >= 4 is 5.96 Å². The van der Waals surface area contributed by atoms with Gasteiger partial charge in [0.1, 0.15) is 12.7 Å². The number of benzene rings is 2. The monoisotopic (exact) mass is 402 g/mol. The first-order chi connectivity index (χ1) is 14.7. The fraction of sp³-hybridized carbons (Fsp3) is 0.375. The van der Waals surface area contributed by atoms with Crippen LogP contribution in [-0.4, -0.2) is 45.8 Å². The molecule has 0 bridgehead atoms. The number of nitrogens with one attached hydrogen (secondary N) is 1. The highest BCUT2D eigenvalue weighted by molar-refractivity contribution is 5.80. The van der Waals surface area contributed by atoms with Gasteiger partial charge < -0.3 is 10.2 Å². The van der Waals surface area contributed by atoms with Crippen molar-refractivity contribution in [3.63, 3.8) is 0 Å². The lowest BCUT2D eigenvalue weighted by Gasteiger charge is -2.33. The van der Waals surface area contributed by atoms with Crippen LogP contribution >= 0.6 is 0 Å². The Labute approximate surface area is 178 Å². The van der Waals surface area contributed by atoms with Crippen LogP contribution in [0.3, 0.4) is 0 Å². The summed E-state index contributed by atoms with van der Waals surface area (Å²) in [7, 11) is 1.88. The SMILES string of the molecule is CN=C(NCc1ccccc1-c1ccc(Cn2cncn2)cc1)N1CCC(C)CC1. The van der Waals surface area contributed by atoms with Gasteiger partial charge in [0.15, 0.2) is 5.96 Å². The highest BCUT2D eigenvalue weighted by Gasteiger charge is 2.18. The molecule has 30 heavy (non-hydrogen) atoms. The van der Waals surface area contributed by atoms with Crippen molar-refractivity contribution in [3.05, 3.63) is 72.3 Å². The van der Waals surface area contributed by atoms with Gasteiger partial charge in [-0.25, -0.2) is 9.67 Å². The van der Waals surface area contributed by atoms with Crippen molar-refractivity contribution in [2.24, 2.45) is 10.9 Å². The normalized spacial score (nSPS) is 15.4. The van der Waals surface area contributed by atoms with E-state index in [4.69, 9.17) is 0 Å². The molecule has 1 saturated heterocycles. The highest BCUT2D eigenvalue weighted by Crippen LogP contribution is 2.24. The van der Waals surface area contributed by atoms with Gasteiger partial charge >= 0.3 is 0 Å². The number of rotatable bonds is 5. The molecular weight excluding hydrogens is 372 g/mol. The number of hydrogen-bond acceptors (Lipinski definition) is 3. The Morgan fingerprint density at radius 2 is 1.87 bits per heavy atom. The molecule has 1 aliphatic heterocycles. The van der Waals surface area contributed by atoms with Crippen LogP contribution in [0.5, 0.6) is 0 Å². The lowest BCUT2D eigenvalue weighted by Crippen LogP contribution is -2.45. The molecule has 1 N–H and O–H groups in total. The summed E-state index contributed by atoms with van der Waals surface area (Å²) < 4.78 is 1.83. The van der Waals surface area contributed by atoms with Gasteiger partial charge in [-0.15, -0.1) is 0 Å². The van der Waals surface area contributed by atoms with Crippen molar-refractivity contribution in [2.45, 2.75) is 32.9 Å². The van der Waals surface area contributed by atoms with Crippen LogP contribution in [0.25, 0.3) is 11.1 Å². The maximum Gasteiger partial charge on any atom is 0.193 e. The molecule has 3 aromatic rings. The molecule has 1 fully saturated rings. The van der Waals surface area contributed by atoms with Gasteiger partial charge in [0, 0.05) is 26.7 Å². The second-order valence-electron chi connectivity index (χ2n) is 8.02. The Kier molecular flexibility index (Phi) is 6.42. The fourth-order valence-corrected chi connectivity index (χ4v) is 3.97. The number of guanidine groups is 1. The van der Waals surface area contributed by atoms with E-state index in [0.717, 1.165) is 38.1 Å². The molecular formula is C24H30N6. The number of hydrogen-bond donors (Lipinski definition) is 1. The highest BCUT2D eigenvalue weighted by atomic mass is 15.3. The third kappa shape index (κ3) is 4.87. The van der Waals surface area contributed by atoms with Gasteiger partial charge in [-0.05, 0) is 41.0 Å². The van der Waals surface area contributed by atoms with E-state index >= 15 is 0 Å². The Balaban J connectivity index is 1.44. The van der Waals surface area contributed by atoms with E-state index in [-0.39, 0.29) is 0 Å². The average Bonchev–Trinajstić information content (AvgIpc) is 3.29. The third-order valence-electron chi connectivity index (χ3n) is 5.83. The Bertz CT molecular complexity index is 954. The second-order valence-corrected chi connectivity index (χ2v) is 8.02. The molecule has 2 heterocycles. The van der Waals surface area contributed by atoms with E-state index in [0.29, 0.717) is 0 Å². The van der Waals surface area contributed by atoms with E-state index in [2.05, 4.69) is 80.7 Å². The Morgan fingerprint density at radius 3 is 2.57 bits per heavy atom. The maximum atomic E-state index is 4.52. The largest absolute Gasteiger partial charge is 0.352 e. The molecule has 0 atom stereocenters. The zero-order valence-corrected chi connectivity index (χ0v) is 17.8. The van der Waals surface area contributed by atoms with Crippen molar-refractivity contribution in [1.82, 2.24) is 25.0 Å². The summed E-state index contributed by atoms with van der Waals surface area (Å²) in [6.07, 6.45) is 5.77. The van der Waals surface area contributed by atoms with E-state index in [1.807, 2.05) is 11.7 Å². The average molecular weight is 403 g/mol. The summed E-state index contributed by atoms with van der Waals surface area (Å²) in [6.45, 7) is 5.98. The summed E-state index contributed by atoms with van der Waals surface area (Å²) in [5.41, 5.74) is 4.95. The molecule has 4 rings (SSSR count). The fourth-order valence-electron chi connectivity index (χ4n) is 3.97. The van der Waals surface area contributed by atoms with Crippen LogP contribution in [0.4, 0.5) is 0 Å². The molecule has 0 spiro atoms. The summed E-state index contributed by atoms with van der Waals surface area (Å²) in [5.74, 6) is 1.81. The van der Waals surface area contributed by atoms with Crippen LogP contribution in [0, 0.1) is 5.92 Å². The van der Waals surface area contributed by atoms with Crippen molar-refractivity contribution in [2.75, 3.05) is 20.1 Å². The molecule has 2 aromatic carbocycles. The number of nitrogens with zero attached hydrogens (tertiary/aromatic N) is 5. The van der Waals surface area contributed by atoms with Crippen LogP contribution in [0.2, 0.25) is 0 Å². The quantitative estimate of drug-likeness (QED) is 0.521. The van der Waals surface area contributed by atoms with Gasteiger partial charge in [-0.3, -0.25) is 4.99 Å². The first-order valence-corrected chi connectivity index (χ1v) is 10.7. The predicted molar refractivity (Wildman–Crippen MR) is 121 cm³/mol. The van der Waals surface area contributed by atoms with Gasteiger partial charge in [-0.2, -0.15) is 5.10 Å². The van der Waals surface area contributed by atoms with E-state index in [1.165, 1.54) is 35.1 Å². The minimum Gasteiger partial charge on any atom is -0.352 e. The maximum absolute atomic E-state index is 4.52. The second kappa shape index (κ2) is 9.57. The third-order valence-corrected chi connectivity index (χ3v) is 5.83. The zero-order valence-electron chi connectivity index (χ0n) is 17.8. The Morgan fingerprint density at radius 1 is 1.10 bits per heavy atom. The summed E-state index contributed by atoms with van der Waals surface area (Å²) in [5, 5.41) is 7.76. The van der Waals surface area contributed by atoms with Gasteiger partial charge in [-0.1, -0.05) is 55.5 Å².